The second-order valence-corrected chi connectivity index (χ2v) is 7.54. The molecule has 2 N–H and O–H groups in total. The maximum Gasteiger partial charge on any atom is 0.412 e. The van der Waals surface area contributed by atoms with Gasteiger partial charge in [0.1, 0.15) is 24.2 Å². The van der Waals surface area contributed by atoms with Gasteiger partial charge in [0, 0.05) is 24.8 Å². The molecule has 2 aromatic carbocycles. The van der Waals surface area contributed by atoms with Crippen molar-refractivity contribution in [1.82, 2.24) is 15.1 Å². The third-order valence-electron chi connectivity index (χ3n) is 5.20. The minimum Gasteiger partial charge on any atom is -0.497 e. The zero-order chi connectivity index (χ0) is 21.6. The van der Waals surface area contributed by atoms with E-state index in [-0.39, 0.29) is 12.7 Å². The number of amides is 1. The molecule has 1 aromatic heterocycles. The van der Waals surface area contributed by atoms with Gasteiger partial charge >= 0.3 is 6.09 Å². The van der Waals surface area contributed by atoms with Gasteiger partial charge in [0.15, 0.2) is 0 Å². The molecule has 1 saturated heterocycles. The van der Waals surface area contributed by atoms with Crippen molar-refractivity contribution in [2.24, 2.45) is 0 Å². The van der Waals surface area contributed by atoms with Gasteiger partial charge in [-0.05, 0) is 48.9 Å². The molecule has 162 valence electrons. The van der Waals surface area contributed by atoms with Crippen molar-refractivity contribution in [3.8, 4) is 22.6 Å². The Kier molecular flexibility index (Phi) is 6.37. The Bertz CT molecular complexity index is 1020. The number of likely N-dealkylation sites (N-methyl/N-ethyl adjacent to an activating group) is 1. The Balaban J connectivity index is 1.47. The van der Waals surface area contributed by atoms with Crippen LogP contribution in [0.15, 0.2) is 54.9 Å². The molecule has 2 heterocycles. The van der Waals surface area contributed by atoms with Crippen molar-refractivity contribution in [1.29, 1.82) is 0 Å². The van der Waals surface area contributed by atoms with Gasteiger partial charge in [-0.1, -0.05) is 18.2 Å². The zero-order valence-electron chi connectivity index (χ0n) is 17.6. The van der Waals surface area contributed by atoms with Gasteiger partial charge in [0.2, 0.25) is 0 Å². The zero-order valence-corrected chi connectivity index (χ0v) is 17.6. The molecule has 0 saturated carbocycles. The minimum atomic E-state index is -0.549. The lowest BCUT2D eigenvalue weighted by Crippen LogP contribution is -2.22. The molecule has 8 nitrogen and oxygen atoms in total. The highest BCUT2D eigenvalue weighted by Gasteiger charge is 2.23. The summed E-state index contributed by atoms with van der Waals surface area (Å²) in [4.78, 5) is 14.7. The van der Waals surface area contributed by atoms with E-state index in [9.17, 15) is 4.79 Å². The molecule has 3 aromatic rings. The molecule has 31 heavy (non-hydrogen) atoms. The second-order valence-electron chi connectivity index (χ2n) is 7.54. The number of hydrogen-bond donors (Lipinski definition) is 2. The Hall–Kier alpha value is -3.52. The molecule has 4 rings (SSSR count). The predicted molar refractivity (Wildman–Crippen MR) is 117 cm³/mol. The van der Waals surface area contributed by atoms with Crippen LogP contribution >= 0.6 is 0 Å². The SMILES string of the molecule is COc1cccc(COC(=O)Nc2ccc(-c3cn[nH]c3)cc2OC2CCN(C)C2)c1. The fraction of sp³-hybridized carbons (Fsp3) is 0.304. The summed E-state index contributed by atoms with van der Waals surface area (Å²) < 4.78 is 16.8. The van der Waals surface area contributed by atoms with E-state index in [1.165, 1.54) is 0 Å². The summed E-state index contributed by atoms with van der Waals surface area (Å²) >= 11 is 0. The first-order valence-corrected chi connectivity index (χ1v) is 10.2. The quantitative estimate of drug-likeness (QED) is 0.600. The highest BCUT2D eigenvalue weighted by atomic mass is 16.5. The second kappa shape index (κ2) is 9.53. The Morgan fingerprint density at radius 2 is 2.16 bits per heavy atom. The number of benzene rings is 2. The first-order chi connectivity index (χ1) is 15.1. The van der Waals surface area contributed by atoms with Crippen molar-refractivity contribution in [2.75, 3.05) is 32.6 Å². The molecule has 1 amide bonds. The molecule has 1 fully saturated rings. The summed E-state index contributed by atoms with van der Waals surface area (Å²) in [5.74, 6) is 1.32. The number of likely N-dealkylation sites (tertiary alicyclic amines) is 1. The van der Waals surface area contributed by atoms with Crippen molar-refractivity contribution >= 4 is 11.8 Å². The maximum absolute atomic E-state index is 12.5. The van der Waals surface area contributed by atoms with E-state index in [1.54, 1.807) is 13.3 Å². The normalized spacial score (nSPS) is 16.1. The van der Waals surface area contributed by atoms with Crippen LogP contribution in [0.25, 0.3) is 11.1 Å². The van der Waals surface area contributed by atoms with Crippen molar-refractivity contribution in [2.45, 2.75) is 19.1 Å². The number of carbonyl (C=O) groups excluding carboxylic acids is 1. The molecule has 8 heteroatoms. The van der Waals surface area contributed by atoms with Crippen LogP contribution in [-0.4, -0.2) is 54.5 Å². The van der Waals surface area contributed by atoms with Crippen LogP contribution in [0.2, 0.25) is 0 Å². The van der Waals surface area contributed by atoms with Crippen LogP contribution in [0.3, 0.4) is 0 Å². The first-order valence-electron chi connectivity index (χ1n) is 10.2. The lowest BCUT2D eigenvalue weighted by atomic mass is 10.1. The fourth-order valence-corrected chi connectivity index (χ4v) is 3.54. The third kappa shape index (κ3) is 5.35. The molecule has 1 unspecified atom stereocenters. The average Bonchev–Trinajstić information content (AvgIpc) is 3.46. The van der Waals surface area contributed by atoms with E-state index < -0.39 is 6.09 Å². The van der Waals surface area contributed by atoms with Gasteiger partial charge in [-0.25, -0.2) is 4.79 Å². The van der Waals surface area contributed by atoms with Gasteiger partial charge in [-0.2, -0.15) is 5.10 Å². The molecule has 1 atom stereocenters. The molecule has 1 aliphatic rings. The average molecular weight is 422 g/mol. The third-order valence-corrected chi connectivity index (χ3v) is 5.20. The lowest BCUT2D eigenvalue weighted by Gasteiger charge is -2.18. The van der Waals surface area contributed by atoms with E-state index in [4.69, 9.17) is 14.2 Å². The van der Waals surface area contributed by atoms with Crippen LogP contribution < -0.4 is 14.8 Å². The van der Waals surface area contributed by atoms with E-state index in [1.807, 2.05) is 48.7 Å². The number of rotatable bonds is 7. The van der Waals surface area contributed by atoms with Crippen molar-refractivity contribution in [3.05, 3.63) is 60.4 Å². The van der Waals surface area contributed by atoms with Crippen molar-refractivity contribution in [3.63, 3.8) is 0 Å². The van der Waals surface area contributed by atoms with Gasteiger partial charge in [-0.3, -0.25) is 10.4 Å². The molecular formula is C23H26N4O4. The van der Waals surface area contributed by atoms with Crippen LogP contribution in [0.1, 0.15) is 12.0 Å². The van der Waals surface area contributed by atoms with E-state index >= 15 is 0 Å². The number of methoxy groups -OCH3 is 1. The van der Waals surface area contributed by atoms with Gasteiger partial charge in [0.25, 0.3) is 0 Å². The van der Waals surface area contributed by atoms with Gasteiger partial charge < -0.3 is 19.1 Å². The lowest BCUT2D eigenvalue weighted by molar-refractivity contribution is 0.154. The van der Waals surface area contributed by atoms with E-state index in [2.05, 4.69) is 27.5 Å². The van der Waals surface area contributed by atoms with Crippen LogP contribution in [0.5, 0.6) is 11.5 Å². The number of aromatic nitrogens is 2. The first kappa shape index (κ1) is 20.7. The molecule has 0 aliphatic carbocycles. The number of nitrogens with zero attached hydrogens (tertiary/aromatic N) is 2. The number of carbonyl (C=O) groups is 1. The Morgan fingerprint density at radius 3 is 2.90 bits per heavy atom. The maximum atomic E-state index is 12.5. The summed E-state index contributed by atoms with van der Waals surface area (Å²) in [5.41, 5.74) is 3.30. The number of aromatic amines is 1. The largest absolute Gasteiger partial charge is 0.497 e. The number of H-pyrrole nitrogens is 1. The molecule has 0 radical (unpaired) electrons. The number of ether oxygens (including phenoxy) is 3. The summed E-state index contributed by atoms with van der Waals surface area (Å²) in [7, 11) is 3.67. The smallest absolute Gasteiger partial charge is 0.412 e. The van der Waals surface area contributed by atoms with Crippen LogP contribution in [0, 0.1) is 0 Å². The monoisotopic (exact) mass is 422 g/mol. The van der Waals surface area contributed by atoms with Gasteiger partial charge in [0.05, 0.1) is 19.0 Å². The summed E-state index contributed by atoms with van der Waals surface area (Å²) in [6.45, 7) is 1.97. The Labute approximate surface area is 181 Å². The Morgan fingerprint density at radius 1 is 1.26 bits per heavy atom. The number of nitrogens with one attached hydrogen (secondary N) is 2. The summed E-state index contributed by atoms with van der Waals surface area (Å²) in [6.07, 6.45) is 4.02. The topological polar surface area (TPSA) is 88.7 Å². The number of hydrogen-bond acceptors (Lipinski definition) is 6. The molecule has 1 aliphatic heterocycles. The van der Waals surface area contributed by atoms with Crippen LogP contribution in [-0.2, 0) is 11.3 Å². The van der Waals surface area contributed by atoms with Gasteiger partial charge in [-0.15, -0.1) is 0 Å². The molecule has 0 bridgehead atoms. The van der Waals surface area contributed by atoms with E-state index in [0.717, 1.165) is 36.2 Å². The predicted octanol–water partition coefficient (Wildman–Crippen LogP) is 3.92. The summed E-state index contributed by atoms with van der Waals surface area (Å²) in [6, 6.07) is 13.1. The minimum absolute atomic E-state index is 0.0675. The standard InChI is InChI=1S/C23H26N4O4/c1-27-9-8-20(14-27)31-22-11-17(18-12-24-25-13-18)6-7-21(22)26-23(28)30-15-16-4-3-5-19(10-16)29-2/h3-7,10-13,20H,8-9,14-15H2,1-2H3,(H,24,25)(H,26,28). The fourth-order valence-electron chi connectivity index (χ4n) is 3.54. The highest BCUT2D eigenvalue weighted by Crippen LogP contribution is 2.32. The van der Waals surface area contributed by atoms with E-state index in [0.29, 0.717) is 17.2 Å². The summed E-state index contributed by atoms with van der Waals surface area (Å²) in [5, 5.41) is 9.64. The van der Waals surface area contributed by atoms with Crippen molar-refractivity contribution < 1.29 is 19.0 Å². The molecule has 0 spiro atoms. The highest BCUT2D eigenvalue weighted by molar-refractivity contribution is 5.87. The number of anilines is 1. The van der Waals surface area contributed by atoms with Crippen LogP contribution in [0.4, 0.5) is 10.5 Å². The molecular weight excluding hydrogens is 396 g/mol.